The molecule has 152 valence electrons. The predicted molar refractivity (Wildman–Crippen MR) is 114 cm³/mol. The smallest absolute Gasteiger partial charge is 0.234 e. The number of nitrogens with zero attached hydrogens (tertiary/aromatic N) is 3. The lowest BCUT2D eigenvalue weighted by atomic mass is 10.3. The van der Waals surface area contributed by atoms with Crippen molar-refractivity contribution < 1.29 is 14.3 Å². The van der Waals surface area contributed by atoms with Gasteiger partial charge in [0.15, 0.2) is 11.0 Å². The van der Waals surface area contributed by atoms with Gasteiger partial charge in [0.2, 0.25) is 5.91 Å². The summed E-state index contributed by atoms with van der Waals surface area (Å²) in [7, 11) is 3.35. The molecule has 3 rings (SSSR count). The van der Waals surface area contributed by atoms with Gasteiger partial charge in [-0.15, -0.1) is 10.2 Å². The molecule has 1 heterocycles. The number of thioether (sulfide) groups is 1. The average Bonchev–Trinajstić information content (AvgIpc) is 3.06. The molecule has 0 radical (unpaired) electrons. The lowest BCUT2D eigenvalue weighted by Gasteiger charge is -2.10. The maximum Gasteiger partial charge on any atom is 0.234 e. The Morgan fingerprint density at radius 3 is 2.59 bits per heavy atom. The van der Waals surface area contributed by atoms with Crippen LogP contribution in [0.2, 0.25) is 10.0 Å². The number of halogens is 2. The molecule has 1 amide bonds. The molecule has 3 aromatic rings. The first-order valence-corrected chi connectivity index (χ1v) is 10.2. The van der Waals surface area contributed by atoms with E-state index in [4.69, 9.17) is 32.7 Å². The molecule has 0 spiro atoms. The number of ether oxygens (including phenoxy) is 2. The maximum absolute atomic E-state index is 12.3. The molecule has 29 heavy (non-hydrogen) atoms. The van der Waals surface area contributed by atoms with Gasteiger partial charge < -0.3 is 19.4 Å². The van der Waals surface area contributed by atoms with Crippen LogP contribution < -0.4 is 14.8 Å². The van der Waals surface area contributed by atoms with Crippen LogP contribution in [-0.4, -0.2) is 33.5 Å². The number of hydrogen-bond acceptors (Lipinski definition) is 6. The van der Waals surface area contributed by atoms with Crippen molar-refractivity contribution in [3.8, 4) is 11.5 Å². The summed E-state index contributed by atoms with van der Waals surface area (Å²) >= 11 is 13.1. The highest BCUT2D eigenvalue weighted by Gasteiger charge is 2.13. The summed E-state index contributed by atoms with van der Waals surface area (Å²) in [6.45, 7) is 0.248. The van der Waals surface area contributed by atoms with Gasteiger partial charge in [-0.25, -0.2) is 0 Å². The Bertz CT molecular complexity index is 996. The van der Waals surface area contributed by atoms with Crippen LogP contribution in [0.5, 0.6) is 11.5 Å². The van der Waals surface area contributed by atoms with Crippen LogP contribution in [0.3, 0.4) is 0 Å². The van der Waals surface area contributed by atoms with Crippen LogP contribution in [0.1, 0.15) is 5.82 Å². The second-order valence-electron chi connectivity index (χ2n) is 5.88. The van der Waals surface area contributed by atoms with Gasteiger partial charge >= 0.3 is 0 Å². The number of rotatable bonds is 8. The molecule has 1 aromatic heterocycles. The third kappa shape index (κ3) is 5.79. The number of benzene rings is 2. The van der Waals surface area contributed by atoms with Gasteiger partial charge in [-0.2, -0.15) is 0 Å². The molecule has 0 saturated carbocycles. The molecule has 1 N–H and O–H groups in total. The van der Waals surface area contributed by atoms with E-state index in [1.165, 1.54) is 18.9 Å². The Morgan fingerprint density at radius 2 is 1.86 bits per heavy atom. The van der Waals surface area contributed by atoms with E-state index in [1.54, 1.807) is 47.0 Å². The first kappa shape index (κ1) is 21.3. The van der Waals surface area contributed by atoms with E-state index in [0.29, 0.717) is 38.2 Å². The largest absolute Gasteiger partial charge is 0.495 e. The lowest BCUT2D eigenvalue weighted by molar-refractivity contribution is -0.113. The maximum atomic E-state index is 12.3. The number of carbonyl (C=O) groups excluding carboxylic acids is 1. The molecule has 0 atom stereocenters. The normalized spacial score (nSPS) is 10.6. The van der Waals surface area contributed by atoms with Gasteiger partial charge in [0.1, 0.15) is 18.1 Å². The molecular formula is C19H18Cl2N4O3S. The Hall–Kier alpha value is -2.42. The molecule has 0 fully saturated rings. The van der Waals surface area contributed by atoms with E-state index in [2.05, 4.69) is 15.5 Å². The zero-order chi connectivity index (χ0) is 20.8. The number of hydrogen-bond donors (Lipinski definition) is 1. The third-order valence-corrected chi connectivity index (χ3v) is 5.38. The van der Waals surface area contributed by atoms with Crippen LogP contribution in [-0.2, 0) is 18.4 Å². The Kier molecular flexibility index (Phi) is 7.24. The van der Waals surface area contributed by atoms with Crippen LogP contribution in [0.15, 0.2) is 47.6 Å². The average molecular weight is 453 g/mol. The summed E-state index contributed by atoms with van der Waals surface area (Å²) < 4.78 is 12.7. The summed E-state index contributed by atoms with van der Waals surface area (Å²) in [6.07, 6.45) is 0. The number of aromatic nitrogens is 3. The zero-order valence-corrected chi connectivity index (χ0v) is 18.0. The quantitative estimate of drug-likeness (QED) is 0.508. The summed E-state index contributed by atoms with van der Waals surface area (Å²) in [6, 6.07) is 12.1. The SMILES string of the molecule is COc1ccc(Cl)cc1NC(=O)CSc1nnc(COc2ccc(Cl)cc2)n1C. The Morgan fingerprint density at radius 1 is 1.14 bits per heavy atom. The van der Waals surface area contributed by atoms with Crippen molar-refractivity contribution in [3.05, 3.63) is 58.3 Å². The van der Waals surface area contributed by atoms with Gasteiger partial charge in [0, 0.05) is 17.1 Å². The fourth-order valence-corrected chi connectivity index (χ4v) is 3.40. The van der Waals surface area contributed by atoms with Crippen molar-refractivity contribution in [3.63, 3.8) is 0 Å². The van der Waals surface area contributed by atoms with Gasteiger partial charge in [-0.05, 0) is 42.5 Å². The number of carbonyl (C=O) groups is 1. The van der Waals surface area contributed by atoms with E-state index in [0.717, 1.165) is 0 Å². The van der Waals surface area contributed by atoms with Gasteiger partial charge in [0.25, 0.3) is 0 Å². The second-order valence-corrected chi connectivity index (χ2v) is 7.70. The highest BCUT2D eigenvalue weighted by molar-refractivity contribution is 7.99. The van der Waals surface area contributed by atoms with Crippen LogP contribution in [0.25, 0.3) is 0 Å². The van der Waals surface area contributed by atoms with Gasteiger partial charge in [0.05, 0.1) is 18.6 Å². The Balaban J connectivity index is 1.55. The van der Waals surface area contributed by atoms with Crippen molar-refractivity contribution in [2.24, 2.45) is 7.05 Å². The minimum atomic E-state index is -0.211. The van der Waals surface area contributed by atoms with Crippen molar-refractivity contribution >= 4 is 46.6 Å². The van der Waals surface area contributed by atoms with Crippen LogP contribution in [0.4, 0.5) is 5.69 Å². The first-order valence-electron chi connectivity index (χ1n) is 8.49. The lowest BCUT2D eigenvalue weighted by Crippen LogP contribution is -2.15. The standard InChI is InChI=1S/C19H18Cl2N4O3S/c1-25-17(10-28-14-6-3-12(20)4-7-14)23-24-19(25)29-11-18(26)22-15-9-13(21)5-8-16(15)27-2/h3-9H,10-11H2,1-2H3,(H,22,26). The molecule has 2 aromatic carbocycles. The van der Waals surface area contributed by atoms with Gasteiger partial charge in [-0.3, -0.25) is 4.79 Å². The molecule has 10 heteroatoms. The molecule has 0 aliphatic heterocycles. The molecule has 0 saturated heterocycles. The van der Waals surface area contributed by atoms with Crippen LogP contribution in [0, 0.1) is 0 Å². The minimum Gasteiger partial charge on any atom is -0.495 e. The highest BCUT2D eigenvalue weighted by atomic mass is 35.5. The molecule has 0 aliphatic carbocycles. The second kappa shape index (κ2) is 9.87. The fourth-order valence-electron chi connectivity index (χ4n) is 2.37. The summed E-state index contributed by atoms with van der Waals surface area (Å²) in [5, 5.41) is 12.8. The summed E-state index contributed by atoms with van der Waals surface area (Å²) in [5.41, 5.74) is 0.514. The molecule has 7 nitrogen and oxygen atoms in total. The number of amides is 1. The van der Waals surface area contributed by atoms with Crippen molar-refractivity contribution in [2.45, 2.75) is 11.8 Å². The van der Waals surface area contributed by atoms with Crippen molar-refractivity contribution in [1.82, 2.24) is 14.8 Å². The van der Waals surface area contributed by atoms with E-state index < -0.39 is 0 Å². The minimum absolute atomic E-state index is 0.152. The highest BCUT2D eigenvalue weighted by Crippen LogP contribution is 2.28. The number of nitrogens with one attached hydrogen (secondary N) is 1. The Labute approximate surface area is 182 Å². The molecular weight excluding hydrogens is 435 g/mol. The zero-order valence-electron chi connectivity index (χ0n) is 15.7. The monoisotopic (exact) mass is 452 g/mol. The topological polar surface area (TPSA) is 78.3 Å². The van der Waals surface area contributed by atoms with Crippen molar-refractivity contribution in [2.75, 3.05) is 18.2 Å². The van der Waals surface area contributed by atoms with E-state index in [-0.39, 0.29) is 18.3 Å². The van der Waals surface area contributed by atoms with Crippen LogP contribution >= 0.6 is 35.0 Å². The number of anilines is 1. The summed E-state index contributed by atoms with van der Waals surface area (Å²) in [4.78, 5) is 12.3. The van der Waals surface area contributed by atoms with Gasteiger partial charge in [-0.1, -0.05) is 35.0 Å². The fraction of sp³-hybridized carbons (Fsp3) is 0.211. The molecule has 0 unspecified atom stereocenters. The van der Waals surface area contributed by atoms with E-state index in [1.807, 2.05) is 7.05 Å². The van der Waals surface area contributed by atoms with E-state index in [9.17, 15) is 4.79 Å². The summed E-state index contributed by atoms with van der Waals surface area (Å²) in [5.74, 6) is 1.80. The molecule has 0 bridgehead atoms. The first-order chi connectivity index (χ1) is 14.0. The third-order valence-electron chi connectivity index (χ3n) is 3.87. The predicted octanol–water partition coefficient (Wildman–Crippen LogP) is 4.44. The number of methoxy groups -OCH3 is 1. The van der Waals surface area contributed by atoms with E-state index >= 15 is 0 Å². The molecule has 0 aliphatic rings. The van der Waals surface area contributed by atoms with Crippen molar-refractivity contribution in [1.29, 1.82) is 0 Å².